The third-order valence-electron chi connectivity index (χ3n) is 4.28. The molecule has 0 aliphatic heterocycles. The summed E-state index contributed by atoms with van der Waals surface area (Å²) in [6.45, 7) is 3.93. The lowest BCUT2D eigenvalue weighted by molar-refractivity contribution is -0.109. The van der Waals surface area contributed by atoms with E-state index in [0.29, 0.717) is 27.4 Å². The largest absolute Gasteiger partial charge is 0.505 e. The molecule has 2 rings (SSSR count). The number of aliphatic hydroxyl groups is 1. The molecule has 1 aromatic heterocycles. The van der Waals surface area contributed by atoms with Crippen molar-refractivity contribution in [1.82, 2.24) is 5.43 Å². The lowest BCUT2D eigenvalue weighted by Crippen LogP contribution is -2.25. The number of carbonyl (C=O) groups is 1. The van der Waals surface area contributed by atoms with Crippen LogP contribution in [0.25, 0.3) is 0 Å². The summed E-state index contributed by atoms with van der Waals surface area (Å²) < 4.78 is 3.14. The highest BCUT2D eigenvalue weighted by atomic mass is 32.2. The Hall–Kier alpha value is -2.43. The predicted molar refractivity (Wildman–Crippen MR) is 131 cm³/mol. The number of nitrogens with zero attached hydrogens (tertiary/aromatic N) is 2. The van der Waals surface area contributed by atoms with Gasteiger partial charge in [0.1, 0.15) is 11.5 Å². The van der Waals surface area contributed by atoms with Crippen LogP contribution in [0.4, 0.5) is 11.4 Å². The van der Waals surface area contributed by atoms with Crippen LogP contribution in [0, 0.1) is 5.92 Å². The van der Waals surface area contributed by atoms with E-state index in [4.69, 9.17) is 5.73 Å². The first-order valence-corrected chi connectivity index (χ1v) is 11.7. The van der Waals surface area contributed by atoms with E-state index >= 15 is 0 Å². The van der Waals surface area contributed by atoms with E-state index in [1.54, 1.807) is 12.1 Å². The van der Waals surface area contributed by atoms with E-state index in [9.17, 15) is 9.90 Å². The Morgan fingerprint density at radius 1 is 1.43 bits per heavy atom. The number of hydrogen-bond donors (Lipinski definition) is 5. The molecule has 0 saturated heterocycles. The second kappa shape index (κ2) is 11.7. The fourth-order valence-electron chi connectivity index (χ4n) is 2.66. The normalized spacial score (nSPS) is 14.1. The Bertz CT molecular complexity index is 955. The molecule has 30 heavy (non-hydrogen) atoms. The summed E-state index contributed by atoms with van der Waals surface area (Å²) in [6.07, 6.45) is 3.10. The number of hydrogen-bond acceptors (Lipinski definition) is 8. The standard InChI is InChI=1S/C20H25N5O2S3/c1-4-12(2)17(19(27)18(24-22-11-26)16-6-5-9-30-16)20(21)23-14-8-7-13(25-29-3)10-15(14)28/h5-12,25,27-28H,4H2,1-3H3,(H2,21,23)(H,22,26)/b19-17-,24-18-. The molecule has 10 heteroatoms. The first kappa shape index (κ1) is 23.8. The molecule has 1 heterocycles. The minimum atomic E-state index is -0.121. The molecular weight excluding hydrogens is 438 g/mol. The van der Waals surface area contributed by atoms with Gasteiger partial charge in [-0.15, -0.1) is 24.0 Å². The van der Waals surface area contributed by atoms with Crippen molar-refractivity contribution in [3.05, 3.63) is 51.9 Å². The number of amidine groups is 1. The number of aliphatic imine (C=N–C) groups is 1. The molecule has 1 unspecified atom stereocenters. The summed E-state index contributed by atoms with van der Waals surface area (Å²) >= 11 is 7.37. The second-order valence-corrected chi connectivity index (χ2v) is 8.30. The predicted octanol–water partition coefficient (Wildman–Crippen LogP) is 4.72. The molecular formula is C20H25N5O2S3. The van der Waals surface area contributed by atoms with Gasteiger partial charge in [0, 0.05) is 22.4 Å². The first-order valence-electron chi connectivity index (χ1n) is 9.13. The highest BCUT2D eigenvalue weighted by Gasteiger charge is 2.22. The number of amides is 1. The summed E-state index contributed by atoms with van der Waals surface area (Å²) in [5.74, 6) is -0.0576. The van der Waals surface area contributed by atoms with Gasteiger partial charge in [-0.3, -0.25) is 4.79 Å². The number of benzene rings is 1. The molecule has 160 valence electrons. The molecule has 0 fully saturated rings. The quantitative estimate of drug-likeness (QED) is 0.0665. The zero-order valence-corrected chi connectivity index (χ0v) is 19.4. The summed E-state index contributed by atoms with van der Waals surface area (Å²) in [5.41, 5.74) is 10.8. The number of nitrogens with two attached hydrogens (primary N) is 1. The van der Waals surface area contributed by atoms with E-state index in [0.717, 1.165) is 12.1 Å². The van der Waals surface area contributed by atoms with Crippen LogP contribution in [0.3, 0.4) is 0 Å². The van der Waals surface area contributed by atoms with E-state index in [2.05, 4.69) is 32.9 Å². The van der Waals surface area contributed by atoms with Crippen LogP contribution in [0.1, 0.15) is 25.1 Å². The Balaban J connectivity index is 2.57. The van der Waals surface area contributed by atoms with Crippen molar-refractivity contribution < 1.29 is 9.90 Å². The van der Waals surface area contributed by atoms with E-state index in [1.807, 2.05) is 43.7 Å². The summed E-state index contributed by atoms with van der Waals surface area (Å²) in [6, 6.07) is 9.17. The fourth-order valence-corrected chi connectivity index (χ4v) is 4.00. The molecule has 0 aliphatic rings. The molecule has 1 atom stereocenters. The number of hydrazone groups is 1. The molecule has 0 radical (unpaired) electrons. The highest BCUT2D eigenvalue weighted by Crippen LogP contribution is 2.29. The number of thiol groups is 1. The van der Waals surface area contributed by atoms with Crippen molar-refractivity contribution >= 4 is 65.2 Å². The molecule has 0 aliphatic carbocycles. The van der Waals surface area contributed by atoms with Gasteiger partial charge in [0.05, 0.1) is 10.6 Å². The summed E-state index contributed by atoms with van der Waals surface area (Å²) in [7, 11) is 0. The van der Waals surface area contributed by atoms with Crippen LogP contribution in [-0.4, -0.2) is 29.3 Å². The minimum absolute atomic E-state index is 0.101. The lowest BCUT2D eigenvalue weighted by atomic mass is 9.94. The number of carbonyl (C=O) groups excluding carboxylic acids is 1. The molecule has 2 aromatic rings. The van der Waals surface area contributed by atoms with Gasteiger partial charge in [-0.2, -0.15) is 5.10 Å². The van der Waals surface area contributed by atoms with Crippen molar-refractivity contribution in [2.24, 2.45) is 21.7 Å². The Morgan fingerprint density at radius 2 is 2.20 bits per heavy atom. The molecule has 1 aromatic carbocycles. The van der Waals surface area contributed by atoms with Crippen LogP contribution in [0.5, 0.6) is 0 Å². The molecule has 1 amide bonds. The smallest absolute Gasteiger partial charge is 0.227 e. The van der Waals surface area contributed by atoms with Gasteiger partial charge >= 0.3 is 0 Å². The van der Waals surface area contributed by atoms with Crippen LogP contribution < -0.4 is 15.9 Å². The molecule has 5 N–H and O–H groups in total. The average Bonchev–Trinajstić information content (AvgIpc) is 3.25. The van der Waals surface area contributed by atoms with Gasteiger partial charge in [-0.25, -0.2) is 10.4 Å². The van der Waals surface area contributed by atoms with Crippen molar-refractivity contribution in [1.29, 1.82) is 0 Å². The zero-order valence-electron chi connectivity index (χ0n) is 16.9. The van der Waals surface area contributed by atoms with Crippen molar-refractivity contribution in [2.45, 2.75) is 25.2 Å². The van der Waals surface area contributed by atoms with Crippen molar-refractivity contribution in [3.8, 4) is 0 Å². The maximum Gasteiger partial charge on any atom is 0.227 e. The van der Waals surface area contributed by atoms with Gasteiger partial charge in [-0.1, -0.05) is 31.9 Å². The number of rotatable bonds is 10. The maximum atomic E-state index is 11.1. The van der Waals surface area contributed by atoms with Gasteiger partial charge in [-0.05, 0) is 42.0 Å². The topological polar surface area (TPSA) is 112 Å². The lowest BCUT2D eigenvalue weighted by Gasteiger charge is -2.17. The molecule has 7 nitrogen and oxygen atoms in total. The summed E-state index contributed by atoms with van der Waals surface area (Å²) in [4.78, 5) is 16.6. The van der Waals surface area contributed by atoms with Crippen LogP contribution in [0.15, 0.2) is 62.0 Å². The van der Waals surface area contributed by atoms with Gasteiger partial charge < -0.3 is 15.6 Å². The number of thiophene rings is 1. The van der Waals surface area contributed by atoms with E-state index in [1.165, 1.54) is 23.3 Å². The number of nitrogens with one attached hydrogen (secondary N) is 2. The summed E-state index contributed by atoms with van der Waals surface area (Å²) in [5, 5.41) is 17.0. The molecule has 0 bridgehead atoms. The third-order valence-corrected chi connectivity index (χ3v) is 5.96. The first-order chi connectivity index (χ1) is 14.4. The minimum Gasteiger partial charge on any atom is -0.505 e. The van der Waals surface area contributed by atoms with Crippen LogP contribution in [0.2, 0.25) is 0 Å². The van der Waals surface area contributed by atoms with Gasteiger partial charge in [0.25, 0.3) is 0 Å². The van der Waals surface area contributed by atoms with Crippen molar-refractivity contribution in [3.63, 3.8) is 0 Å². The van der Waals surface area contributed by atoms with Crippen LogP contribution >= 0.6 is 35.9 Å². The number of aliphatic hydroxyl groups excluding tert-OH is 1. The van der Waals surface area contributed by atoms with Gasteiger partial charge in [0.2, 0.25) is 6.41 Å². The highest BCUT2D eigenvalue weighted by molar-refractivity contribution is 7.99. The Labute approximate surface area is 190 Å². The van der Waals surface area contributed by atoms with E-state index < -0.39 is 0 Å². The second-order valence-electron chi connectivity index (χ2n) is 6.26. The zero-order chi connectivity index (χ0) is 22.1. The van der Waals surface area contributed by atoms with Gasteiger partial charge in [0.15, 0.2) is 5.76 Å². The van der Waals surface area contributed by atoms with E-state index in [-0.39, 0.29) is 23.2 Å². The Kier molecular flexibility index (Phi) is 9.28. The monoisotopic (exact) mass is 463 g/mol. The molecule has 0 spiro atoms. The number of allylic oxidation sites excluding steroid dienone is 1. The fraction of sp³-hybridized carbons (Fsp3) is 0.250. The average molecular weight is 464 g/mol. The molecule has 0 saturated carbocycles. The maximum absolute atomic E-state index is 11.1. The van der Waals surface area contributed by atoms with Crippen LogP contribution in [-0.2, 0) is 4.79 Å². The third kappa shape index (κ3) is 6.04. The number of anilines is 1. The SMILES string of the molecule is CCC(C)/C(C(N)=Nc1ccc(NSC)cc1S)=C(O)\C(=N/NC=O)c1cccs1. The van der Waals surface area contributed by atoms with Crippen molar-refractivity contribution in [2.75, 3.05) is 11.0 Å². The Morgan fingerprint density at radius 3 is 2.77 bits per heavy atom.